The molecule has 0 saturated carbocycles. The average Bonchev–Trinajstić information content (AvgIpc) is 3.61. The van der Waals surface area contributed by atoms with Crippen LogP contribution in [0.1, 0.15) is 245 Å². The van der Waals surface area contributed by atoms with Crippen LogP contribution in [0.2, 0.25) is 0 Å². The van der Waals surface area contributed by atoms with Crippen molar-refractivity contribution in [1.82, 2.24) is 0 Å². The van der Waals surface area contributed by atoms with Crippen molar-refractivity contribution in [3.8, 4) is 0 Å². The van der Waals surface area contributed by atoms with Crippen molar-refractivity contribution < 1.29 is 42.1 Å². The molecule has 0 fully saturated rings. The molecule has 0 aromatic heterocycles. The summed E-state index contributed by atoms with van der Waals surface area (Å²) < 4.78 is 34.6. The van der Waals surface area contributed by atoms with Gasteiger partial charge in [0.1, 0.15) is 19.8 Å². The number of hydrogen-bond donors (Lipinski definition) is 1. The second kappa shape index (κ2) is 63.1. The van der Waals surface area contributed by atoms with Crippen molar-refractivity contribution in [3.05, 3.63) is 158 Å². The van der Waals surface area contributed by atoms with Crippen LogP contribution >= 0.6 is 7.82 Å². The van der Waals surface area contributed by atoms with Crippen LogP contribution < -0.4 is 0 Å². The Balaban J connectivity index is 4.19. The van der Waals surface area contributed by atoms with Gasteiger partial charge in [-0.1, -0.05) is 262 Å². The molecule has 0 aromatic rings. The zero-order valence-electron chi connectivity index (χ0n) is 54.1. The maximum Gasteiger partial charge on any atom is 0.472 e. The van der Waals surface area contributed by atoms with Gasteiger partial charge in [-0.15, -0.1) is 0 Å². The molecule has 0 saturated heterocycles. The molecule has 10 heteroatoms. The van der Waals surface area contributed by atoms with E-state index < -0.39 is 26.5 Å². The Morgan fingerprint density at radius 3 is 1.02 bits per heavy atom. The Labute approximate surface area is 516 Å². The highest BCUT2D eigenvalue weighted by molar-refractivity contribution is 7.47. The lowest BCUT2D eigenvalue weighted by atomic mass is 10.1. The zero-order chi connectivity index (χ0) is 61.2. The summed E-state index contributed by atoms with van der Waals surface area (Å²) in [6.07, 6.45) is 94.7. The van der Waals surface area contributed by atoms with E-state index in [0.29, 0.717) is 17.4 Å². The number of quaternary nitrogens is 1. The molecule has 84 heavy (non-hydrogen) atoms. The van der Waals surface area contributed by atoms with E-state index in [1.807, 2.05) is 21.1 Å². The normalized spacial score (nSPS) is 14.2. The molecular weight excluding hydrogens is 1060 g/mol. The van der Waals surface area contributed by atoms with Gasteiger partial charge >= 0.3 is 19.8 Å². The fraction of sp³-hybridized carbons (Fsp3) is 0.622. The average molecular weight is 1190 g/mol. The Bertz CT molecular complexity index is 1970. The monoisotopic (exact) mass is 1180 g/mol. The number of carbonyl (C=O) groups excluding carboxylic acids is 2. The molecule has 0 heterocycles. The molecule has 0 aromatic carbocycles. The van der Waals surface area contributed by atoms with Gasteiger partial charge in [0.15, 0.2) is 6.10 Å². The van der Waals surface area contributed by atoms with Crippen LogP contribution in [0.3, 0.4) is 0 Å². The maximum absolute atomic E-state index is 12.8. The summed E-state index contributed by atoms with van der Waals surface area (Å²) in [6, 6.07) is 0. The van der Waals surface area contributed by atoms with E-state index in [2.05, 4.69) is 172 Å². The molecule has 0 spiro atoms. The number of phosphoric acid groups is 1. The van der Waals surface area contributed by atoms with Crippen molar-refractivity contribution in [2.75, 3.05) is 47.5 Å². The molecule has 0 aliphatic rings. The standard InChI is InChI=1S/C74H122NO8P/c1-6-8-10-12-14-16-18-20-22-24-26-27-28-29-30-31-32-33-34-35-36-37-38-39-40-41-42-43-44-45-46-47-49-51-53-55-57-59-61-63-65-67-74(77)83-72(71-82-84(78,79)81-69-68-75(3,4)5)70-80-73(76)66-64-62-60-58-56-54-52-50-48-25-23-21-19-17-15-13-11-9-7-2/h8,10,14,16,20-23,26-27,29-30,32-33,35-36,38-39,41-42,44-45,47,49,53,55,72H,6-7,9,11-13,15,17-19,24-25,28,31,34,37,40,43,46,48,50-52,54,56-71H2,1-5H3/p+1/b10-8-,16-14-,22-20-,23-21-,27-26-,30-29-,33-32-,36-35-,39-38-,42-41-,45-44-,49-47-,55-53-. The number of esters is 2. The van der Waals surface area contributed by atoms with E-state index in [4.69, 9.17) is 18.5 Å². The van der Waals surface area contributed by atoms with Crippen molar-refractivity contribution in [2.24, 2.45) is 0 Å². The Hall–Kier alpha value is -4.37. The van der Waals surface area contributed by atoms with Gasteiger partial charge in [-0.3, -0.25) is 18.6 Å². The van der Waals surface area contributed by atoms with Gasteiger partial charge in [-0.2, -0.15) is 0 Å². The lowest BCUT2D eigenvalue weighted by molar-refractivity contribution is -0.870. The van der Waals surface area contributed by atoms with E-state index in [1.165, 1.54) is 89.9 Å². The van der Waals surface area contributed by atoms with Gasteiger partial charge in [0.2, 0.25) is 0 Å². The largest absolute Gasteiger partial charge is 0.472 e. The van der Waals surface area contributed by atoms with Crippen LogP contribution in [-0.4, -0.2) is 74.9 Å². The molecule has 2 atom stereocenters. The van der Waals surface area contributed by atoms with Gasteiger partial charge < -0.3 is 18.9 Å². The van der Waals surface area contributed by atoms with Crippen LogP contribution in [-0.2, 0) is 32.7 Å². The number of likely N-dealkylation sites (N-methyl/N-ethyl adjacent to an activating group) is 1. The Morgan fingerprint density at radius 2 is 0.679 bits per heavy atom. The van der Waals surface area contributed by atoms with Crippen LogP contribution in [0.5, 0.6) is 0 Å². The zero-order valence-corrected chi connectivity index (χ0v) is 55.0. The van der Waals surface area contributed by atoms with Gasteiger partial charge in [0, 0.05) is 12.8 Å². The van der Waals surface area contributed by atoms with Crippen molar-refractivity contribution in [2.45, 2.75) is 251 Å². The van der Waals surface area contributed by atoms with E-state index >= 15 is 0 Å². The highest BCUT2D eigenvalue weighted by atomic mass is 31.2. The lowest BCUT2D eigenvalue weighted by Gasteiger charge is -2.24. The van der Waals surface area contributed by atoms with Gasteiger partial charge in [-0.25, -0.2) is 4.57 Å². The highest BCUT2D eigenvalue weighted by Crippen LogP contribution is 2.43. The fourth-order valence-corrected chi connectivity index (χ4v) is 9.20. The number of allylic oxidation sites excluding steroid dienone is 26. The van der Waals surface area contributed by atoms with E-state index in [-0.39, 0.29) is 32.0 Å². The Kier molecular flexibility index (Phi) is 59.9. The molecule has 2 unspecified atom stereocenters. The predicted octanol–water partition coefficient (Wildman–Crippen LogP) is 21.6. The Morgan fingerprint density at radius 1 is 0.381 bits per heavy atom. The molecule has 9 nitrogen and oxygen atoms in total. The van der Waals surface area contributed by atoms with Gasteiger partial charge in [0.05, 0.1) is 27.7 Å². The van der Waals surface area contributed by atoms with Gasteiger partial charge in [0.25, 0.3) is 0 Å². The number of rotatable bonds is 59. The SMILES string of the molecule is CC/C=C\C/C=C\C/C=C\C/C=C\C/C=C\C/C=C\C/C=C\C/C=C\C/C=C\C/C=C\C/C=C\C/C=C\CCCCCCC(=O)OC(COC(=O)CCCCCCCCCCC/C=C\CCCCCCCC)COP(=O)(O)OCC[N+](C)(C)C. The van der Waals surface area contributed by atoms with E-state index in [1.54, 1.807) is 0 Å². The van der Waals surface area contributed by atoms with E-state index in [9.17, 15) is 19.0 Å². The third-order valence-corrected chi connectivity index (χ3v) is 14.5. The molecule has 0 amide bonds. The first-order valence-corrected chi connectivity index (χ1v) is 34.7. The molecule has 0 aliphatic carbocycles. The molecule has 1 N–H and O–H groups in total. The summed E-state index contributed by atoms with van der Waals surface area (Å²) in [5.74, 6) is -0.837. The van der Waals surface area contributed by atoms with Gasteiger partial charge in [-0.05, 0) is 128 Å². The smallest absolute Gasteiger partial charge is 0.462 e. The van der Waals surface area contributed by atoms with Crippen molar-refractivity contribution in [3.63, 3.8) is 0 Å². The third kappa shape index (κ3) is 66.8. The third-order valence-electron chi connectivity index (χ3n) is 13.5. The molecule has 0 bridgehead atoms. The fourth-order valence-electron chi connectivity index (χ4n) is 8.46. The number of nitrogens with zero attached hydrogens (tertiary/aromatic N) is 1. The van der Waals surface area contributed by atoms with Crippen molar-refractivity contribution >= 4 is 19.8 Å². The first kappa shape index (κ1) is 79.6. The summed E-state index contributed by atoms with van der Waals surface area (Å²) >= 11 is 0. The van der Waals surface area contributed by atoms with Crippen LogP contribution in [0, 0.1) is 0 Å². The first-order valence-electron chi connectivity index (χ1n) is 33.2. The quantitative estimate of drug-likeness (QED) is 0.0211. The number of unbranched alkanes of at least 4 members (excludes halogenated alkanes) is 19. The summed E-state index contributed by atoms with van der Waals surface area (Å²) in [7, 11) is 1.44. The molecule has 0 aliphatic heterocycles. The lowest BCUT2D eigenvalue weighted by Crippen LogP contribution is -2.37. The predicted molar refractivity (Wildman–Crippen MR) is 362 cm³/mol. The minimum absolute atomic E-state index is 0.0184. The molecule has 0 rings (SSSR count). The van der Waals surface area contributed by atoms with Crippen LogP contribution in [0.15, 0.2) is 158 Å². The minimum Gasteiger partial charge on any atom is -0.462 e. The summed E-state index contributed by atoms with van der Waals surface area (Å²) in [4.78, 5) is 35.8. The number of hydrogen-bond acceptors (Lipinski definition) is 7. The first-order chi connectivity index (χ1) is 41.0. The second-order valence-corrected chi connectivity index (χ2v) is 24.2. The number of phosphoric ester groups is 1. The number of carbonyl (C=O) groups is 2. The minimum atomic E-state index is -4.41. The molecular formula is C74H123NO8P+. The molecule has 476 valence electrons. The summed E-state index contributed by atoms with van der Waals surface area (Å²) in [6.45, 7) is 4.27. The summed E-state index contributed by atoms with van der Waals surface area (Å²) in [5, 5.41) is 0. The number of ether oxygens (including phenoxy) is 2. The van der Waals surface area contributed by atoms with Crippen molar-refractivity contribution in [1.29, 1.82) is 0 Å². The highest BCUT2D eigenvalue weighted by Gasteiger charge is 2.27. The van der Waals surface area contributed by atoms with Crippen LogP contribution in [0.4, 0.5) is 0 Å². The second-order valence-electron chi connectivity index (χ2n) is 22.8. The molecule has 0 radical (unpaired) electrons. The van der Waals surface area contributed by atoms with Crippen LogP contribution in [0.25, 0.3) is 0 Å². The summed E-state index contributed by atoms with van der Waals surface area (Å²) in [5.41, 5.74) is 0. The van der Waals surface area contributed by atoms with E-state index in [0.717, 1.165) is 122 Å². The topological polar surface area (TPSA) is 108 Å². The maximum atomic E-state index is 12.8.